The zero-order chi connectivity index (χ0) is 15.1. The second-order valence-electron chi connectivity index (χ2n) is 5.09. The maximum atomic E-state index is 11.3. The van der Waals surface area contributed by atoms with Crippen LogP contribution in [0.1, 0.15) is 36.3 Å². The van der Waals surface area contributed by atoms with Crippen molar-refractivity contribution < 1.29 is 14.3 Å². The van der Waals surface area contributed by atoms with E-state index in [9.17, 15) is 4.79 Å². The van der Waals surface area contributed by atoms with E-state index >= 15 is 0 Å². The number of carbonyl (C=O) groups excluding carboxylic acids is 1. The van der Waals surface area contributed by atoms with Crippen LogP contribution in [0.4, 0.5) is 5.82 Å². The molecule has 1 aromatic heterocycles. The maximum Gasteiger partial charge on any atom is 0.376 e. The Labute approximate surface area is 124 Å². The average molecular weight is 294 g/mol. The van der Waals surface area contributed by atoms with Gasteiger partial charge in [0, 0.05) is 18.8 Å². The topological polar surface area (TPSA) is 99.4 Å². The van der Waals surface area contributed by atoms with E-state index < -0.39 is 5.97 Å². The lowest BCUT2D eigenvalue weighted by atomic mass is 9.94. The number of anilines is 1. The summed E-state index contributed by atoms with van der Waals surface area (Å²) in [7, 11) is 1.30. The molecule has 116 valence electrons. The van der Waals surface area contributed by atoms with Crippen LogP contribution in [0.3, 0.4) is 0 Å². The Morgan fingerprint density at radius 1 is 1.43 bits per heavy atom. The molecule has 7 heteroatoms. The van der Waals surface area contributed by atoms with Crippen molar-refractivity contribution in [3.8, 4) is 0 Å². The summed E-state index contributed by atoms with van der Waals surface area (Å²) in [6.07, 6.45) is 5.95. The highest BCUT2D eigenvalue weighted by Gasteiger charge is 2.18. The SMILES string of the molecule is COC(=O)c1nccc(NCCOC2CCC(N)CC2)n1. The molecule has 1 saturated carbocycles. The number of nitrogens with two attached hydrogens (primary N) is 1. The number of nitrogens with one attached hydrogen (secondary N) is 1. The zero-order valence-corrected chi connectivity index (χ0v) is 12.2. The van der Waals surface area contributed by atoms with Gasteiger partial charge in [0.25, 0.3) is 0 Å². The Morgan fingerprint density at radius 3 is 2.90 bits per heavy atom. The molecule has 3 N–H and O–H groups in total. The van der Waals surface area contributed by atoms with Crippen molar-refractivity contribution in [3.05, 3.63) is 18.1 Å². The van der Waals surface area contributed by atoms with Gasteiger partial charge >= 0.3 is 5.97 Å². The van der Waals surface area contributed by atoms with Crippen LogP contribution in [0.2, 0.25) is 0 Å². The van der Waals surface area contributed by atoms with Gasteiger partial charge in [-0.1, -0.05) is 0 Å². The number of hydrogen-bond acceptors (Lipinski definition) is 7. The molecule has 0 atom stereocenters. The van der Waals surface area contributed by atoms with Crippen LogP contribution in [-0.4, -0.2) is 48.3 Å². The molecule has 0 aliphatic heterocycles. The Morgan fingerprint density at radius 2 is 2.19 bits per heavy atom. The van der Waals surface area contributed by atoms with Crippen LogP contribution < -0.4 is 11.1 Å². The monoisotopic (exact) mass is 294 g/mol. The number of ether oxygens (including phenoxy) is 2. The Hall–Kier alpha value is -1.73. The summed E-state index contributed by atoms with van der Waals surface area (Å²) in [5.74, 6) is 0.0813. The van der Waals surface area contributed by atoms with E-state index in [1.165, 1.54) is 13.3 Å². The predicted molar refractivity (Wildman–Crippen MR) is 78.0 cm³/mol. The molecule has 21 heavy (non-hydrogen) atoms. The summed E-state index contributed by atoms with van der Waals surface area (Å²) < 4.78 is 10.4. The van der Waals surface area contributed by atoms with E-state index in [1.807, 2.05) is 0 Å². The smallest absolute Gasteiger partial charge is 0.376 e. The number of nitrogens with zero attached hydrogens (tertiary/aromatic N) is 2. The Bertz CT molecular complexity index is 461. The third-order valence-electron chi connectivity index (χ3n) is 3.50. The summed E-state index contributed by atoms with van der Waals surface area (Å²) in [4.78, 5) is 19.2. The summed E-state index contributed by atoms with van der Waals surface area (Å²) in [5, 5.41) is 3.10. The molecule has 1 fully saturated rings. The van der Waals surface area contributed by atoms with Gasteiger partial charge in [-0.2, -0.15) is 0 Å². The van der Waals surface area contributed by atoms with E-state index in [4.69, 9.17) is 10.5 Å². The van der Waals surface area contributed by atoms with Gasteiger partial charge in [0.15, 0.2) is 0 Å². The molecule has 1 aromatic rings. The van der Waals surface area contributed by atoms with E-state index in [0.717, 1.165) is 25.7 Å². The molecular weight excluding hydrogens is 272 g/mol. The van der Waals surface area contributed by atoms with Gasteiger partial charge in [0.05, 0.1) is 19.8 Å². The largest absolute Gasteiger partial charge is 0.463 e. The normalized spacial score (nSPS) is 21.8. The molecule has 7 nitrogen and oxygen atoms in total. The van der Waals surface area contributed by atoms with Crippen LogP contribution in [0.15, 0.2) is 12.3 Å². The predicted octanol–water partition coefficient (Wildman–Crippen LogP) is 0.962. The molecule has 0 aromatic carbocycles. The summed E-state index contributed by atoms with van der Waals surface area (Å²) in [6, 6.07) is 2.03. The first-order valence-electron chi connectivity index (χ1n) is 7.21. The average Bonchev–Trinajstić information content (AvgIpc) is 2.53. The van der Waals surface area contributed by atoms with Gasteiger partial charge in [-0.25, -0.2) is 14.8 Å². The molecule has 0 unspecified atom stereocenters. The van der Waals surface area contributed by atoms with Crippen molar-refractivity contribution in [1.29, 1.82) is 0 Å². The number of carbonyl (C=O) groups is 1. The Kier molecular flexibility index (Phi) is 5.89. The highest BCUT2D eigenvalue weighted by Crippen LogP contribution is 2.19. The summed E-state index contributed by atoms with van der Waals surface area (Å²) >= 11 is 0. The molecule has 0 radical (unpaired) electrons. The second kappa shape index (κ2) is 7.90. The number of aromatic nitrogens is 2. The number of hydrogen-bond donors (Lipinski definition) is 2. The van der Waals surface area contributed by atoms with Crippen LogP contribution in [0, 0.1) is 0 Å². The molecule has 0 saturated heterocycles. The standard InChI is InChI=1S/C14H22N4O3/c1-20-14(19)13-17-7-6-12(18-13)16-8-9-21-11-4-2-10(15)3-5-11/h6-7,10-11H,2-5,8-9,15H2,1H3,(H,16,17,18). The molecule has 1 heterocycles. The molecular formula is C14H22N4O3. The van der Waals surface area contributed by atoms with Crippen LogP contribution >= 0.6 is 0 Å². The lowest BCUT2D eigenvalue weighted by Gasteiger charge is -2.26. The minimum Gasteiger partial charge on any atom is -0.463 e. The lowest BCUT2D eigenvalue weighted by Crippen LogP contribution is -2.31. The second-order valence-corrected chi connectivity index (χ2v) is 5.09. The Balaban J connectivity index is 1.70. The fourth-order valence-electron chi connectivity index (χ4n) is 2.31. The molecule has 0 amide bonds. The van der Waals surface area contributed by atoms with Crippen molar-refractivity contribution in [2.75, 3.05) is 25.6 Å². The molecule has 1 aliphatic carbocycles. The third-order valence-corrected chi connectivity index (χ3v) is 3.50. The minimum absolute atomic E-state index is 0.0460. The highest BCUT2D eigenvalue weighted by molar-refractivity contribution is 5.85. The molecule has 0 spiro atoms. The van der Waals surface area contributed by atoms with Gasteiger partial charge < -0.3 is 20.5 Å². The summed E-state index contributed by atoms with van der Waals surface area (Å²) in [6.45, 7) is 1.22. The van der Waals surface area contributed by atoms with Crippen molar-refractivity contribution in [3.63, 3.8) is 0 Å². The highest BCUT2D eigenvalue weighted by atomic mass is 16.5. The number of esters is 1. The molecule has 1 aliphatic rings. The van der Waals surface area contributed by atoms with Gasteiger partial charge in [-0.3, -0.25) is 0 Å². The minimum atomic E-state index is -0.548. The van der Waals surface area contributed by atoms with E-state index in [-0.39, 0.29) is 5.82 Å². The summed E-state index contributed by atoms with van der Waals surface area (Å²) in [5.41, 5.74) is 5.86. The van der Waals surface area contributed by atoms with Crippen LogP contribution in [0.5, 0.6) is 0 Å². The fourth-order valence-corrected chi connectivity index (χ4v) is 2.31. The van der Waals surface area contributed by atoms with E-state index in [1.54, 1.807) is 6.07 Å². The maximum absolute atomic E-state index is 11.3. The van der Waals surface area contributed by atoms with Crippen molar-refractivity contribution >= 4 is 11.8 Å². The van der Waals surface area contributed by atoms with Gasteiger partial charge in [-0.15, -0.1) is 0 Å². The van der Waals surface area contributed by atoms with E-state index in [0.29, 0.717) is 31.1 Å². The van der Waals surface area contributed by atoms with Crippen molar-refractivity contribution in [1.82, 2.24) is 9.97 Å². The number of methoxy groups -OCH3 is 1. The first-order valence-corrected chi connectivity index (χ1v) is 7.21. The third kappa shape index (κ3) is 4.95. The first-order chi connectivity index (χ1) is 10.2. The van der Waals surface area contributed by atoms with Crippen molar-refractivity contribution in [2.45, 2.75) is 37.8 Å². The number of rotatable bonds is 6. The lowest BCUT2D eigenvalue weighted by molar-refractivity contribution is 0.0313. The van der Waals surface area contributed by atoms with E-state index in [2.05, 4.69) is 20.0 Å². The quantitative estimate of drug-likeness (QED) is 0.595. The van der Waals surface area contributed by atoms with Crippen molar-refractivity contribution in [2.24, 2.45) is 5.73 Å². The molecule has 2 rings (SSSR count). The van der Waals surface area contributed by atoms with Crippen LogP contribution in [0.25, 0.3) is 0 Å². The van der Waals surface area contributed by atoms with Crippen LogP contribution in [-0.2, 0) is 9.47 Å². The van der Waals surface area contributed by atoms with Gasteiger partial charge in [-0.05, 0) is 31.7 Å². The zero-order valence-electron chi connectivity index (χ0n) is 12.2. The van der Waals surface area contributed by atoms with Gasteiger partial charge in [0.1, 0.15) is 5.82 Å². The van der Waals surface area contributed by atoms with Gasteiger partial charge in [0.2, 0.25) is 5.82 Å². The molecule has 0 bridgehead atoms. The fraction of sp³-hybridized carbons (Fsp3) is 0.643. The first kappa shape index (κ1) is 15.7.